The monoisotopic (exact) mass is 229 g/mol. The van der Waals surface area contributed by atoms with Gasteiger partial charge in [-0.15, -0.1) is 0 Å². The van der Waals surface area contributed by atoms with E-state index in [0.717, 1.165) is 25.9 Å². The second-order valence-corrected chi connectivity index (χ2v) is 4.72. The third kappa shape index (κ3) is 3.76. The Morgan fingerprint density at radius 3 is 1.94 bits per heavy atom. The van der Waals surface area contributed by atoms with E-state index < -0.39 is 0 Å². The number of nitrogens with two attached hydrogens (primary N) is 1. The molecule has 0 atom stereocenters. The summed E-state index contributed by atoms with van der Waals surface area (Å²) < 4.78 is 0. The van der Waals surface area contributed by atoms with E-state index in [-0.39, 0.29) is 11.3 Å². The Labute approximate surface area is 99.8 Å². The molecule has 0 unspecified atom stereocenters. The van der Waals surface area contributed by atoms with Crippen LogP contribution in [0.15, 0.2) is 0 Å². The lowest BCUT2D eigenvalue weighted by Gasteiger charge is -2.33. The van der Waals surface area contributed by atoms with Crippen molar-refractivity contribution < 1.29 is 4.79 Å². The van der Waals surface area contributed by atoms with E-state index in [9.17, 15) is 4.79 Å². The molecule has 4 nitrogen and oxygen atoms in total. The summed E-state index contributed by atoms with van der Waals surface area (Å²) in [6.45, 7) is 6.15. The topological polar surface area (TPSA) is 49.6 Å². The molecule has 1 amide bonds. The van der Waals surface area contributed by atoms with Gasteiger partial charge in [-0.3, -0.25) is 4.79 Å². The van der Waals surface area contributed by atoms with Gasteiger partial charge in [-0.1, -0.05) is 13.8 Å². The van der Waals surface area contributed by atoms with E-state index in [1.165, 1.54) is 0 Å². The molecule has 0 spiro atoms. The minimum atomic E-state index is -0.360. The number of hydrogen-bond acceptors (Lipinski definition) is 3. The Hall–Kier alpha value is -0.610. The molecule has 0 aromatic heterocycles. The zero-order chi connectivity index (χ0) is 12.8. The molecule has 0 radical (unpaired) electrons. The molecule has 0 saturated heterocycles. The van der Waals surface area contributed by atoms with Crippen LogP contribution in [0.3, 0.4) is 0 Å². The van der Waals surface area contributed by atoms with Crippen LogP contribution < -0.4 is 5.73 Å². The van der Waals surface area contributed by atoms with Crippen LogP contribution in [0.1, 0.15) is 26.7 Å². The Balaban J connectivity index is 4.49. The maximum absolute atomic E-state index is 12.3. The smallest absolute Gasteiger partial charge is 0.229 e. The Morgan fingerprint density at radius 2 is 1.62 bits per heavy atom. The molecule has 0 heterocycles. The number of likely N-dealkylation sites (N-methyl/N-ethyl adjacent to an activating group) is 2. The van der Waals surface area contributed by atoms with Crippen LogP contribution in [0.4, 0.5) is 0 Å². The fourth-order valence-corrected chi connectivity index (χ4v) is 1.78. The van der Waals surface area contributed by atoms with Gasteiger partial charge in [0.15, 0.2) is 0 Å². The predicted molar refractivity (Wildman–Crippen MR) is 68.3 cm³/mol. The van der Waals surface area contributed by atoms with Gasteiger partial charge in [0.1, 0.15) is 0 Å². The van der Waals surface area contributed by atoms with Crippen LogP contribution in [-0.4, -0.2) is 56.5 Å². The Kier molecular flexibility index (Phi) is 6.60. The Morgan fingerprint density at radius 1 is 1.12 bits per heavy atom. The van der Waals surface area contributed by atoms with Gasteiger partial charge >= 0.3 is 0 Å². The molecule has 0 aliphatic heterocycles. The molecule has 4 heteroatoms. The summed E-state index contributed by atoms with van der Waals surface area (Å²) in [5, 5.41) is 0. The third-order valence-corrected chi connectivity index (χ3v) is 3.43. The van der Waals surface area contributed by atoms with Gasteiger partial charge in [-0.05, 0) is 26.9 Å². The lowest BCUT2D eigenvalue weighted by atomic mass is 9.81. The van der Waals surface area contributed by atoms with Gasteiger partial charge in [0.2, 0.25) is 5.91 Å². The van der Waals surface area contributed by atoms with Crippen molar-refractivity contribution in [2.45, 2.75) is 26.7 Å². The molecule has 0 bridgehead atoms. The minimum Gasteiger partial charge on any atom is -0.344 e. The van der Waals surface area contributed by atoms with Crippen molar-refractivity contribution in [1.82, 2.24) is 9.80 Å². The fraction of sp³-hybridized carbons (Fsp3) is 0.917. The molecule has 0 saturated carbocycles. The van der Waals surface area contributed by atoms with Gasteiger partial charge < -0.3 is 15.5 Å². The van der Waals surface area contributed by atoms with Crippen LogP contribution in [-0.2, 0) is 4.79 Å². The predicted octanol–water partition coefficient (Wildman–Crippen LogP) is 0.772. The zero-order valence-corrected chi connectivity index (χ0v) is 11.4. The van der Waals surface area contributed by atoms with E-state index in [1.807, 2.05) is 35.0 Å². The lowest BCUT2D eigenvalue weighted by Crippen LogP contribution is -2.47. The normalized spacial score (nSPS) is 11.9. The maximum Gasteiger partial charge on any atom is 0.229 e. The third-order valence-electron chi connectivity index (χ3n) is 3.43. The molecule has 0 aromatic carbocycles. The number of hydrogen-bond donors (Lipinski definition) is 1. The van der Waals surface area contributed by atoms with Crippen LogP contribution in [0.2, 0.25) is 0 Å². The van der Waals surface area contributed by atoms with Gasteiger partial charge in [0.25, 0.3) is 0 Å². The van der Waals surface area contributed by atoms with Gasteiger partial charge in [-0.25, -0.2) is 0 Å². The largest absolute Gasteiger partial charge is 0.344 e. The number of carbonyl (C=O) groups is 1. The average molecular weight is 229 g/mol. The van der Waals surface area contributed by atoms with Gasteiger partial charge in [0.05, 0.1) is 5.41 Å². The first kappa shape index (κ1) is 15.4. The zero-order valence-electron chi connectivity index (χ0n) is 11.4. The summed E-state index contributed by atoms with van der Waals surface area (Å²) in [4.78, 5) is 16.2. The minimum absolute atomic E-state index is 0.182. The second-order valence-electron chi connectivity index (χ2n) is 4.72. The maximum atomic E-state index is 12.3. The van der Waals surface area contributed by atoms with Crippen molar-refractivity contribution >= 4 is 5.91 Å². The van der Waals surface area contributed by atoms with E-state index in [4.69, 9.17) is 5.73 Å². The highest BCUT2D eigenvalue weighted by atomic mass is 16.2. The van der Waals surface area contributed by atoms with Crippen molar-refractivity contribution in [2.75, 3.05) is 40.8 Å². The molecule has 2 N–H and O–H groups in total. The fourth-order valence-electron chi connectivity index (χ4n) is 1.78. The van der Waals surface area contributed by atoms with Crippen LogP contribution in [0.5, 0.6) is 0 Å². The quantitative estimate of drug-likeness (QED) is 0.701. The summed E-state index contributed by atoms with van der Waals surface area (Å²) in [5.41, 5.74) is 5.41. The second kappa shape index (κ2) is 6.86. The van der Waals surface area contributed by atoms with Crippen molar-refractivity contribution in [3.8, 4) is 0 Å². The summed E-state index contributed by atoms with van der Waals surface area (Å²) in [5.74, 6) is 0.182. The average Bonchev–Trinajstić information content (AvgIpc) is 2.28. The van der Waals surface area contributed by atoms with Crippen molar-refractivity contribution in [2.24, 2.45) is 11.1 Å². The molecule has 0 aliphatic rings. The van der Waals surface area contributed by atoms with Crippen LogP contribution in [0, 0.1) is 5.41 Å². The first-order valence-electron chi connectivity index (χ1n) is 6.03. The molecule has 0 aromatic rings. The molecule has 16 heavy (non-hydrogen) atoms. The standard InChI is InChI=1S/C12H27N3O/c1-6-12(7-2,10-13)11(16)15(5)9-8-14(3)4/h6-10,13H2,1-5H3. The van der Waals surface area contributed by atoms with Crippen molar-refractivity contribution in [3.05, 3.63) is 0 Å². The van der Waals surface area contributed by atoms with Gasteiger partial charge in [-0.2, -0.15) is 0 Å². The summed E-state index contributed by atoms with van der Waals surface area (Å²) in [6, 6.07) is 0. The molecule has 0 rings (SSSR count). The number of rotatable bonds is 7. The Bertz CT molecular complexity index is 204. The number of carbonyl (C=O) groups excluding carboxylic acids is 1. The van der Waals surface area contributed by atoms with E-state index in [1.54, 1.807) is 4.90 Å². The molecular formula is C12H27N3O. The molecule has 0 fully saturated rings. The highest BCUT2D eigenvalue weighted by Crippen LogP contribution is 2.27. The van der Waals surface area contributed by atoms with E-state index in [2.05, 4.69) is 4.90 Å². The highest BCUT2D eigenvalue weighted by molar-refractivity contribution is 5.82. The highest BCUT2D eigenvalue weighted by Gasteiger charge is 2.35. The summed E-state index contributed by atoms with van der Waals surface area (Å²) >= 11 is 0. The number of amides is 1. The first-order chi connectivity index (χ1) is 7.43. The van der Waals surface area contributed by atoms with Crippen LogP contribution in [0.25, 0.3) is 0 Å². The summed E-state index contributed by atoms with van der Waals surface area (Å²) in [7, 11) is 5.88. The molecular weight excluding hydrogens is 202 g/mol. The van der Waals surface area contributed by atoms with E-state index >= 15 is 0 Å². The van der Waals surface area contributed by atoms with Crippen molar-refractivity contribution in [1.29, 1.82) is 0 Å². The lowest BCUT2D eigenvalue weighted by molar-refractivity contribution is -0.140. The first-order valence-corrected chi connectivity index (χ1v) is 6.03. The number of nitrogens with zero attached hydrogens (tertiary/aromatic N) is 2. The molecule has 96 valence electrons. The molecule has 0 aliphatic carbocycles. The van der Waals surface area contributed by atoms with E-state index in [0.29, 0.717) is 6.54 Å². The SMILES string of the molecule is CCC(CC)(CN)C(=O)N(C)CCN(C)C. The van der Waals surface area contributed by atoms with Gasteiger partial charge in [0, 0.05) is 26.7 Å². The van der Waals surface area contributed by atoms with Crippen molar-refractivity contribution in [3.63, 3.8) is 0 Å². The summed E-state index contributed by atoms with van der Waals surface area (Å²) in [6.07, 6.45) is 1.62. The van der Waals surface area contributed by atoms with Crippen LogP contribution >= 0.6 is 0 Å².